The van der Waals surface area contributed by atoms with Gasteiger partial charge in [0.05, 0.1) is 13.5 Å². The van der Waals surface area contributed by atoms with Crippen molar-refractivity contribution >= 4 is 15.9 Å². The van der Waals surface area contributed by atoms with Crippen molar-refractivity contribution in [1.82, 2.24) is 4.90 Å². The maximum absolute atomic E-state index is 14.1. The molecule has 140 valence electrons. The largest absolute Gasteiger partial charge is 0.492 e. The van der Waals surface area contributed by atoms with Gasteiger partial charge in [-0.3, -0.25) is 4.79 Å². The lowest BCUT2D eigenvalue weighted by Gasteiger charge is -2.42. The maximum atomic E-state index is 14.1. The van der Waals surface area contributed by atoms with Crippen LogP contribution in [-0.2, 0) is 21.2 Å². The minimum atomic E-state index is -4.18. The number of carbonyl (C=O) groups excluding carboxylic acids is 1. The van der Waals surface area contributed by atoms with Crippen LogP contribution in [0.25, 0.3) is 0 Å². The monoisotopic (exact) mass is 373 g/mol. The van der Waals surface area contributed by atoms with Gasteiger partial charge in [0.25, 0.3) is 0 Å². The number of nitrogens with zero attached hydrogens (tertiary/aromatic N) is 1. The van der Waals surface area contributed by atoms with E-state index >= 15 is 0 Å². The van der Waals surface area contributed by atoms with Gasteiger partial charge in [-0.1, -0.05) is 13.8 Å². The summed E-state index contributed by atoms with van der Waals surface area (Å²) in [5.74, 6) is -1.55. The molecule has 1 aliphatic rings. The summed E-state index contributed by atoms with van der Waals surface area (Å²) in [5, 5.41) is 5.11. The number of rotatable bonds is 4. The van der Waals surface area contributed by atoms with Crippen molar-refractivity contribution in [2.45, 2.75) is 37.6 Å². The minimum Gasteiger partial charge on any atom is -0.492 e. The Bertz CT molecular complexity index is 780. The average Bonchev–Trinajstić information content (AvgIpc) is 2.48. The molecule has 25 heavy (non-hydrogen) atoms. The lowest BCUT2D eigenvalue weighted by atomic mass is 9.79. The molecule has 0 aliphatic carbocycles. The quantitative estimate of drug-likeness (QED) is 0.802. The first-order chi connectivity index (χ1) is 11.5. The van der Waals surface area contributed by atoms with Gasteiger partial charge in [0.1, 0.15) is 4.90 Å². The second kappa shape index (κ2) is 6.89. The number of hydrogen-bond donors (Lipinski definition) is 2. The number of sulfonamides is 1. The molecule has 7 nitrogen and oxygen atoms in total. The summed E-state index contributed by atoms with van der Waals surface area (Å²) in [6, 6.07) is 2.27. The van der Waals surface area contributed by atoms with Gasteiger partial charge >= 0.3 is 0 Å². The molecule has 1 unspecified atom stereocenters. The van der Waals surface area contributed by atoms with Crippen molar-refractivity contribution in [1.29, 1.82) is 0 Å². The van der Waals surface area contributed by atoms with E-state index in [2.05, 4.69) is 0 Å². The SMILES string of the molecule is COc1c(F)cc(CC(=O)N2CCC(N)C(C)(C)C2)cc1S(N)(=O)=O. The maximum Gasteiger partial charge on any atom is 0.241 e. The summed E-state index contributed by atoms with van der Waals surface area (Å²) >= 11 is 0. The third-order valence-electron chi connectivity index (χ3n) is 4.60. The number of piperidine rings is 1. The van der Waals surface area contributed by atoms with Crippen LogP contribution in [-0.4, -0.2) is 45.5 Å². The van der Waals surface area contributed by atoms with Crippen LogP contribution in [0.2, 0.25) is 0 Å². The molecule has 0 bridgehead atoms. The first-order valence-corrected chi connectivity index (χ1v) is 9.43. The molecule has 1 aromatic carbocycles. The van der Waals surface area contributed by atoms with E-state index in [4.69, 9.17) is 15.6 Å². The fraction of sp³-hybridized carbons (Fsp3) is 0.562. The highest BCUT2D eigenvalue weighted by molar-refractivity contribution is 7.89. The number of ether oxygens (including phenoxy) is 1. The zero-order valence-electron chi connectivity index (χ0n) is 14.6. The van der Waals surface area contributed by atoms with Gasteiger partial charge in [-0.15, -0.1) is 0 Å². The van der Waals surface area contributed by atoms with E-state index in [1.807, 2.05) is 13.8 Å². The molecule has 0 saturated carbocycles. The fourth-order valence-electron chi connectivity index (χ4n) is 3.01. The molecule has 1 aromatic rings. The van der Waals surface area contributed by atoms with Gasteiger partial charge in [0.15, 0.2) is 11.6 Å². The van der Waals surface area contributed by atoms with E-state index in [0.717, 1.165) is 13.2 Å². The Labute approximate surface area is 147 Å². The molecule has 2 rings (SSSR count). The summed E-state index contributed by atoms with van der Waals surface area (Å²) < 4.78 is 42.2. The van der Waals surface area contributed by atoms with Crippen molar-refractivity contribution in [3.05, 3.63) is 23.5 Å². The van der Waals surface area contributed by atoms with E-state index < -0.39 is 26.5 Å². The van der Waals surface area contributed by atoms with Crippen LogP contribution in [0, 0.1) is 11.2 Å². The van der Waals surface area contributed by atoms with Crippen LogP contribution >= 0.6 is 0 Å². The molecular weight excluding hydrogens is 349 g/mol. The first-order valence-electron chi connectivity index (χ1n) is 7.88. The third-order valence-corrected chi connectivity index (χ3v) is 5.52. The molecule has 1 amide bonds. The standard InChI is InChI=1S/C16H24FN3O4S/c1-16(2)9-20(5-4-13(16)18)14(21)8-10-6-11(17)15(24-3)12(7-10)25(19,22)23/h6-7,13H,4-5,8-9,18H2,1-3H3,(H2,19,22,23). The summed E-state index contributed by atoms with van der Waals surface area (Å²) in [7, 11) is -3.03. The molecule has 1 aliphatic heterocycles. The number of hydrogen-bond acceptors (Lipinski definition) is 5. The molecule has 1 atom stereocenters. The minimum absolute atomic E-state index is 0.00367. The van der Waals surface area contributed by atoms with E-state index in [-0.39, 0.29) is 29.3 Å². The number of nitrogens with two attached hydrogens (primary N) is 2. The number of amides is 1. The normalized spacial score (nSPS) is 20.4. The number of carbonyl (C=O) groups is 1. The Hall–Kier alpha value is -1.71. The van der Waals surface area contributed by atoms with Crippen molar-refractivity contribution in [3.8, 4) is 5.75 Å². The van der Waals surface area contributed by atoms with Crippen molar-refractivity contribution in [2.24, 2.45) is 16.3 Å². The Morgan fingerprint density at radius 2 is 2.08 bits per heavy atom. The Kier molecular flexibility index (Phi) is 5.41. The molecule has 0 spiro atoms. The van der Waals surface area contributed by atoms with Gasteiger partial charge in [-0.05, 0) is 29.5 Å². The highest BCUT2D eigenvalue weighted by atomic mass is 32.2. The summed E-state index contributed by atoms with van der Waals surface area (Å²) in [6.45, 7) is 4.99. The van der Waals surface area contributed by atoms with Gasteiger partial charge in [-0.2, -0.15) is 0 Å². The summed E-state index contributed by atoms with van der Waals surface area (Å²) in [5.41, 5.74) is 6.07. The molecule has 4 N–H and O–H groups in total. The lowest BCUT2D eigenvalue weighted by molar-refractivity contribution is -0.133. The number of likely N-dealkylation sites (tertiary alicyclic amines) is 1. The molecule has 1 heterocycles. The third kappa shape index (κ3) is 4.28. The predicted octanol–water partition coefficient (Wildman–Crippen LogP) is 0.610. The lowest BCUT2D eigenvalue weighted by Crippen LogP contribution is -2.54. The summed E-state index contributed by atoms with van der Waals surface area (Å²) in [6.07, 6.45) is 0.549. The summed E-state index contributed by atoms with van der Waals surface area (Å²) in [4.78, 5) is 13.7. The number of benzene rings is 1. The zero-order chi connectivity index (χ0) is 19.0. The van der Waals surface area contributed by atoms with Crippen LogP contribution < -0.4 is 15.6 Å². The van der Waals surface area contributed by atoms with Crippen molar-refractivity contribution in [2.75, 3.05) is 20.2 Å². The smallest absolute Gasteiger partial charge is 0.241 e. The number of methoxy groups -OCH3 is 1. The second-order valence-electron chi connectivity index (χ2n) is 7.03. The Balaban J connectivity index is 2.26. The van der Waals surface area contributed by atoms with Crippen LogP contribution in [0.5, 0.6) is 5.75 Å². The second-order valence-corrected chi connectivity index (χ2v) is 8.56. The highest BCUT2D eigenvalue weighted by Gasteiger charge is 2.35. The van der Waals surface area contributed by atoms with Gasteiger partial charge < -0.3 is 15.4 Å². The van der Waals surface area contributed by atoms with E-state index in [1.54, 1.807) is 4.90 Å². The molecular formula is C16H24FN3O4S. The van der Waals surface area contributed by atoms with Crippen molar-refractivity contribution in [3.63, 3.8) is 0 Å². The van der Waals surface area contributed by atoms with Crippen LogP contribution in [0.3, 0.4) is 0 Å². The molecule has 1 saturated heterocycles. The van der Waals surface area contributed by atoms with Crippen LogP contribution in [0.4, 0.5) is 4.39 Å². The number of primary sulfonamides is 1. The first kappa shape index (κ1) is 19.6. The van der Waals surface area contributed by atoms with Gasteiger partial charge in [0, 0.05) is 19.1 Å². The fourth-order valence-corrected chi connectivity index (χ4v) is 3.76. The molecule has 1 fully saturated rings. The van der Waals surface area contributed by atoms with Gasteiger partial charge in [0.2, 0.25) is 15.9 Å². The molecule has 0 radical (unpaired) electrons. The van der Waals surface area contributed by atoms with Crippen LogP contribution in [0.15, 0.2) is 17.0 Å². The number of halogens is 1. The topological polar surface area (TPSA) is 116 Å². The van der Waals surface area contributed by atoms with Gasteiger partial charge in [-0.25, -0.2) is 17.9 Å². The Morgan fingerprint density at radius 1 is 1.44 bits per heavy atom. The van der Waals surface area contributed by atoms with E-state index in [0.29, 0.717) is 19.5 Å². The zero-order valence-corrected chi connectivity index (χ0v) is 15.4. The molecule has 0 aromatic heterocycles. The van der Waals surface area contributed by atoms with Crippen LogP contribution in [0.1, 0.15) is 25.8 Å². The predicted molar refractivity (Wildman–Crippen MR) is 91.0 cm³/mol. The van der Waals surface area contributed by atoms with E-state index in [1.165, 1.54) is 6.07 Å². The highest BCUT2D eigenvalue weighted by Crippen LogP contribution is 2.30. The molecule has 9 heteroatoms. The van der Waals surface area contributed by atoms with Crippen molar-refractivity contribution < 1.29 is 22.3 Å². The van der Waals surface area contributed by atoms with E-state index in [9.17, 15) is 17.6 Å². The average molecular weight is 373 g/mol. The Morgan fingerprint density at radius 3 is 2.60 bits per heavy atom.